The quantitative estimate of drug-likeness (QED) is 0.830. The van der Waals surface area contributed by atoms with E-state index >= 15 is 0 Å². The van der Waals surface area contributed by atoms with E-state index in [0.29, 0.717) is 36.7 Å². The predicted molar refractivity (Wildman–Crippen MR) is 75.5 cm³/mol. The van der Waals surface area contributed by atoms with Gasteiger partial charge in [0.2, 0.25) is 5.91 Å². The normalized spacial score (nSPS) is 10.8. The monoisotopic (exact) mass is 266 g/mol. The first kappa shape index (κ1) is 15.6. The van der Waals surface area contributed by atoms with E-state index in [4.69, 9.17) is 0 Å². The second kappa shape index (κ2) is 7.24. The number of carbonyl (C=O) groups is 1. The molecule has 0 bridgehead atoms. The van der Waals surface area contributed by atoms with E-state index in [9.17, 15) is 9.18 Å². The molecule has 0 atom stereocenters. The minimum absolute atomic E-state index is 0.00720. The standard InChI is InChI=1S/C15H23FN2O/c1-10(2)17-6-5-14(19)18-9-13-7-11(3)15(16)12(4)8-13/h7-8,10,17H,5-6,9H2,1-4H3,(H,18,19). The average molecular weight is 266 g/mol. The fourth-order valence-electron chi connectivity index (χ4n) is 1.90. The summed E-state index contributed by atoms with van der Waals surface area (Å²) in [7, 11) is 0. The highest BCUT2D eigenvalue weighted by atomic mass is 19.1. The molecule has 19 heavy (non-hydrogen) atoms. The number of nitrogens with one attached hydrogen (secondary N) is 2. The van der Waals surface area contributed by atoms with Crippen LogP contribution in [0.25, 0.3) is 0 Å². The summed E-state index contributed by atoms with van der Waals surface area (Å²) in [5, 5.41) is 6.04. The lowest BCUT2D eigenvalue weighted by Crippen LogP contribution is -2.30. The first-order valence-electron chi connectivity index (χ1n) is 6.66. The molecule has 106 valence electrons. The van der Waals surface area contributed by atoms with Crippen LogP contribution in [-0.2, 0) is 11.3 Å². The van der Waals surface area contributed by atoms with Crippen molar-refractivity contribution < 1.29 is 9.18 Å². The molecular formula is C15H23FN2O. The lowest BCUT2D eigenvalue weighted by molar-refractivity contribution is -0.121. The van der Waals surface area contributed by atoms with Gasteiger partial charge in [0.1, 0.15) is 5.82 Å². The van der Waals surface area contributed by atoms with Crippen molar-refractivity contribution in [2.45, 2.75) is 46.7 Å². The lowest BCUT2D eigenvalue weighted by Gasteiger charge is -2.10. The Labute approximate surface area is 114 Å². The van der Waals surface area contributed by atoms with E-state index < -0.39 is 0 Å². The summed E-state index contributed by atoms with van der Waals surface area (Å²) in [4.78, 5) is 11.6. The van der Waals surface area contributed by atoms with Crippen LogP contribution in [0.4, 0.5) is 4.39 Å². The van der Waals surface area contributed by atoms with Gasteiger partial charge in [0.15, 0.2) is 0 Å². The number of carbonyl (C=O) groups excluding carboxylic acids is 1. The van der Waals surface area contributed by atoms with Crippen LogP contribution in [0.2, 0.25) is 0 Å². The van der Waals surface area contributed by atoms with Crippen LogP contribution in [0.3, 0.4) is 0 Å². The third kappa shape index (κ3) is 5.39. The second-order valence-corrected chi connectivity index (χ2v) is 5.18. The fourth-order valence-corrected chi connectivity index (χ4v) is 1.90. The smallest absolute Gasteiger partial charge is 0.221 e. The number of rotatable bonds is 6. The van der Waals surface area contributed by atoms with Crippen molar-refractivity contribution in [2.75, 3.05) is 6.54 Å². The molecular weight excluding hydrogens is 243 g/mol. The van der Waals surface area contributed by atoms with Gasteiger partial charge in [-0.2, -0.15) is 0 Å². The van der Waals surface area contributed by atoms with Crippen molar-refractivity contribution in [2.24, 2.45) is 0 Å². The topological polar surface area (TPSA) is 41.1 Å². The molecule has 0 heterocycles. The maximum absolute atomic E-state index is 13.5. The van der Waals surface area contributed by atoms with Gasteiger partial charge in [-0.15, -0.1) is 0 Å². The van der Waals surface area contributed by atoms with E-state index in [2.05, 4.69) is 10.6 Å². The SMILES string of the molecule is Cc1cc(CNC(=O)CCNC(C)C)cc(C)c1F. The molecule has 0 unspecified atom stereocenters. The number of hydrogen-bond acceptors (Lipinski definition) is 2. The van der Waals surface area contributed by atoms with Crippen LogP contribution in [0, 0.1) is 19.7 Å². The molecule has 0 aliphatic rings. The maximum atomic E-state index is 13.5. The van der Waals surface area contributed by atoms with Gasteiger partial charge in [-0.3, -0.25) is 4.79 Å². The Morgan fingerprint density at radius 3 is 2.37 bits per heavy atom. The van der Waals surface area contributed by atoms with Gasteiger partial charge in [-0.05, 0) is 30.5 Å². The van der Waals surface area contributed by atoms with Crippen LogP contribution in [0.5, 0.6) is 0 Å². The van der Waals surface area contributed by atoms with Gasteiger partial charge in [0.05, 0.1) is 0 Å². The summed E-state index contributed by atoms with van der Waals surface area (Å²) in [5.74, 6) is -0.163. The number of benzene rings is 1. The molecule has 0 aromatic heterocycles. The molecule has 0 fully saturated rings. The highest BCUT2D eigenvalue weighted by Crippen LogP contribution is 2.14. The van der Waals surface area contributed by atoms with Crippen molar-refractivity contribution in [1.29, 1.82) is 0 Å². The number of aryl methyl sites for hydroxylation is 2. The number of halogens is 1. The Hall–Kier alpha value is -1.42. The highest BCUT2D eigenvalue weighted by Gasteiger charge is 2.06. The average Bonchev–Trinajstić information content (AvgIpc) is 2.32. The summed E-state index contributed by atoms with van der Waals surface area (Å²) in [5.41, 5.74) is 2.16. The zero-order valence-corrected chi connectivity index (χ0v) is 12.1. The first-order chi connectivity index (χ1) is 8.90. The largest absolute Gasteiger partial charge is 0.352 e. The van der Waals surface area contributed by atoms with Gasteiger partial charge < -0.3 is 10.6 Å². The van der Waals surface area contributed by atoms with Gasteiger partial charge in [0, 0.05) is 25.6 Å². The molecule has 0 aliphatic carbocycles. The molecule has 1 aromatic carbocycles. The summed E-state index contributed by atoms with van der Waals surface area (Å²) in [6, 6.07) is 3.93. The van der Waals surface area contributed by atoms with E-state index in [1.165, 1.54) is 0 Å². The Bertz CT molecular complexity index is 421. The Morgan fingerprint density at radius 2 is 1.84 bits per heavy atom. The molecule has 1 aromatic rings. The van der Waals surface area contributed by atoms with E-state index in [1.54, 1.807) is 26.0 Å². The van der Waals surface area contributed by atoms with Crippen molar-refractivity contribution in [1.82, 2.24) is 10.6 Å². The van der Waals surface area contributed by atoms with Crippen molar-refractivity contribution >= 4 is 5.91 Å². The zero-order valence-electron chi connectivity index (χ0n) is 12.1. The Kier molecular flexibility index (Phi) is 5.96. The van der Waals surface area contributed by atoms with Gasteiger partial charge >= 0.3 is 0 Å². The third-order valence-electron chi connectivity index (χ3n) is 2.89. The zero-order chi connectivity index (χ0) is 14.4. The van der Waals surface area contributed by atoms with Gasteiger partial charge in [0.25, 0.3) is 0 Å². The van der Waals surface area contributed by atoms with Gasteiger partial charge in [-0.25, -0.2) is 4.39 Å². The second-order valence-electron chi connectivity index (χ2n) is 5.18. The Morgan fingerprint density at radius 1 is 1.26 bits per heavy atom. The fraction of sp³-hybridized carbons (Fsp3) is 0.533. The molecule has 4 heteroatoms. The van der Waals surface area contributed by atoms with E-state index in [1.807, 2.05) is 13.8 Å². The highest BCUT2D eigenvalue weighted by molar-refractivity contribution is 5.76. The van der Waals surface area contributed by atoms with Crippen molar-refractivity contribution in [3.63, 3.8) is 0 Å². The van der Waals surface area contributed by atoms with Crippen molar-refractivity contribution in [3.05, 3.63) is 34.6 Å². The van der Waals surface area contributed by atoms with Crippen molar-refractivity contribution in [3.8, 4) is 0 Å². The number of hydrogen-bond donors (Lipinski definition) is 2. The van der Waals surface area contributed by atoms with Crippen LogP contribution < -0.4 is 10.6 Å². The number of amides is 1. The summed E-state index contributed by atoms with van der Waals surface area (Å²) in [6.07, 6.45) is 0.456. The van der Waals surface area contributed by atoms with E-state index in [0.717, 1.165) is 5.56 Å². The van der Waals surface area contributed by atoms with Crippen LogP contribution in [-0.4, -0.2) is 18.5 Å². The minimum Gasteiger partial charge on any atom is -0.352 e. The van der Waals surface area contributed by atoms with Crippen LogP contribution in [0.15, 0.2) is 12.1 Å². The van der Waals surface area contributed by atoms with Crippen LogP contribution in [0.1, 0.15) is 37.0 Å². The molecule has 0 radical (unpaired) electrons. The summed E-state index contributed by atoms with van der Waals surface area (Å²) >= 11 is 0. The van der Waals surface area contributed by atoms with E-state index in [-0.39, 0.29) is 11.7 Å². The lowest BCUT2D eigenvalue weighted by atomic mass is 10.1. The van der Waals surface area contributed by atoms with Crippen LogP contribution >= 0.6 is 0 Å². The molecule has 0 saturated carbocycles. The molecule has 0 spiro atoms. The van der Waals surface area contributed by atoms with Gasteiger partial charge in [-0.1, -0.05) is 26.0 Å². The first-order valence-corrected chi connectivity index (χ1v) is 6.66. The minimum atomic E-state index is -0.170. The summed E-state index contributed by atoms with van der Waals surface area (Å²) in [6.45, 7) is 8.68. The maximum Gasteiger partial charge on any atom is 0.221 e. The molecule has 3 nitrogen and oxygen atoms in total. The predicted octanol–water partition coefficient (Wildman–Crippen LogP) is 2.45. The Balaban J connectivity index is 2.42. The molecule has 1 rings (SSSR count). The molecule has 1 amide bonds. The molecule has 0 aliphatic heterocycles. The third-order valence-corrected chi connectivity index (χ3v) is 2.89. The molecule has 0 saturated heterocycles. The summed E-state index contributed by atoms with van der Waals surface area (Å²) < 4.78 is 13.5. The molecule has 2 N–H and O–H groups in total.